The quantitative estimate of drug-likeness (QED) is 0.809. The summed E-state index contributed by atoms with van der Waals surface area (Å²) >= 11 is 0. The Morgan fingerprint density at radius 3 is 2.78 bits per heavy atom. The van der Waals surface area contributed by atoms with Crippen LogP contribution in [0.2, 0.25) is 0 Å². The number of benzene rings is 1. The minimum Gasteiger partial charge on any atom is -0.310 e. The summed E-state index contributed by atoms with van der Waals surface area (Å²) in [5, 5.41) is 0. The van der Waals surface area contributed by atoms with E-state index in [9.17, 15) is 9.59 Å². The lowest BCUT2D eigenvalue weighted by Gasteiger charge is -2.27. The first-order valence-corrected chi connectivity index (χ1v) is 7.79. The average Bonchev–Trinajstić information content (AvgIpc) is 3.15. The van der Waals surface area contributed by atoms with Gasteiger partial charge in [-0.2, -0.15) is 0 Å². The summed E-state index contributed by atoms with van der Waals surface area (Å²) in [5.74, 6) is -0.108. The molecule has 116 valence electrons. The number of para-hydroxylation sites is 1. The van der Waals surface area contributed by atoms with Crippen molar-refractivity contribution in [3.05, 3.63) is 53.9 Å². The molecule has 0 unspecified atom stereocenters. The van der Waals surface area contributed by atoms with Gasteiger partial charge in [0.1, 0.15) is 6.04 Å². The maximum absolute atomic E-state index is 13.1. The SMILES string of the molecule is CC(=O)N1c2ccccc2C[C@H]1C(=O)N1CCc2cnccc21. The van der Waals surface area contributed by atoms with Gasteiger partial charge in [0, 0.05) is 38.0 Å². The molecule has 0 bridgehead atoms. The highest BCUT2D eigenvalue weighted by molar-refractivity contribution is 6.08. The fourth-order valence-electron chi connectivity index (χ4n) is 3.61. The second-order valence-electron chi connectivity index (χ2n) is 5.98. The van der Waals surface area contributed by atoms with Crippen molar-refractivity contribution >= 4 is 23.2 Å². The predicted molar refractivity (Wildman–Crippen MR) is 87.4 cm³/mol. The zero-order valence-electron chi connectivity index (χ0n) is 12.9. The van der Waals surface area contributed by atoms with Crippen molar-refractivity contribution in [3.8, 4) is 0 Å². The standard InChI is InChI=1S/C18H17N3O2/c1-12(22)21-16-5-3-2-4-13(16)10-17(21)18(23)20-9-7-14-11-19-8-6-15(14)20/h2-6,8,11,17H,7,9-10H2,1H3/t17-/m0/s1. The predicted octanol–water partition coefficient (Wildman–Crippen LogP) is 1.95. The van der Waals surface area contributed by atoms with E-state index in [1.165, 1.54) is 6.92 Å². The highest BCUT2D eigenvalue weighted by Gasteiger charge is 2.40. The maximum atomic E-state index is 13.1. The van der Waals surface area contributed by atoms with Crippen molar-refractivity contribution < 1.29 is 9.59 Å². The van der Waals surface area contributed by atoms with E-state index in [0.29, 0.717) is 13.0 Å². The van der Waals surface area contributed by atoms with E-state index >= 15 is 0 Å². The Morgan fingerprint density at radius 1 is 1.13 bits per heavy atom. The van der Waals surface area contributed by atoms with Crippen LogP contribution in [-0.2, 0) is 22.4 Å². The zero-order valence-corrected chi connectivity index (χ0v) is 12.9. The Labute approximate surface area is 134 Å². The van der Waals surface area contributed by atoms with E-state index in [4.69, 9.17) is 0 Å². The van der Waals surface area contributed by atoms with Crippen molar-refractivity contribution in [1.82, 2.24) is 4.98 Å². The Hall–Kier alpha value is -2.69. The Balaban J connectivity index is 1.69. The smallest absolute Gasteiger partial charge is 0.250 e. The Kier molecular flexibility index (Phi) is 3.15. The summed E-state index contributed by atoms with van der Waals surface area (Å²) in [6, 6.07) is 9.16. The molecule has 5 heteroatoms. The molecule has 1 aromatic carbocycles. The first-order valence-electron chi connectivity index (χ1n) is 7.79. The zero-order chi connectivity index (χ0) is 16.0. The van der Waals surface area contributed by atoms with Crippen molar-refractivity contribution in [2.45, 2.75) is 25.8 Å². The van der Waals surface area contributed by atoms with Gasteiger partial charge < -0.3 is 4.90 Å². The number of hydrogen-bond acceptors (Lipinski definition) is 3. The molecule has 2 aliphatic rings. The molecular weight excluding hydrogens is 290 g/mol. The average molecular weight is 307 g/mol. The fraction of sp³-hybridized carbons (Fsp3) is 0.278. The van der Waals surface area contributed by atoms with E-state index in [1.54, 1.807) is 16.0 Å². The third-order valence-corrected chi connectivity index (χ3v) is 4.64. The number of fused-ring (bicyclic) bond motifs is 2. The van der Waals surface area contributed by atoms with Crippen LogP contribution in [0.1, 0.15) is 18.1 Å². The van der Waals surface area contributed by atoms with Gasteiger partial charge >= 0.3 is 0 Å². The summed E-state index contributed by atoms with van der Waals surface area (Å²) in [7, 11) is 0. The van der Waals surface area contributed by atoms with Crippen LogP contribution in [-0.4, -0.2) is 29.4 Å². The number of rotatable bonds is 1. The monoisotopic (exact) mass is 307 g/mol. The van der Waals surface area contributed by atoms with E-state index < -0.39 is 6.04 Å². The van der Waals surface area contributed by atoms with Crippen molar-refractivity contribution in [2.24, 2.45) is 0 Å². The number of nitrogens with zero attached hydrogens (tertiary/aromatic N) is 3. The molecule has 0 saturated heterocycles. The van der Waals surface area contributed by atoms with Crippen molar-refractivity contribution in [3.63, 3.8) is 0 Å². The summed E-state index contributed by atoms with van der Waals surface area (Å²) in [4.78, 5) is 32.8. The molecule has 0 aliphatic carbocycles. The van der Waals surface area contributed by atoms with Crippen LogP contribution in [0, 0.1) is 0 Å². The van der Waals surface area contributed by atoms with E-state index in [-0.39, 0.29) is 11.8 Å². The molecule has 4 rings (SSSR count). The van der Waals surface area contributed by atoms with Crippen LogP contribution in [0.15, 0.2) is 42.7 Å². The van der Waals surface area contributed by atoms with Crippen molar-refractivity contribution in [1.29, 1.82) is 0 Å². The highest BCUT2D eigenvalue weighted by atomic mass is 16.2. The lowest BCUT2D eigenvalue weighted by molar-refractivity contribution is -0.123. The molecule has 23 heavy (non-hydrogen) atoms. The van der Waals surface area contributed by atoms with E-state index in [0.717, 1.165) is 28.9 Å². The number of pyridine rings is 1. The summed E-state index contributed by atoms with van der Waals surface area (Å²) in [6.45, 7) is 2.17. The van der Waals surface area contributed by atoms with Gasteiger partial charge in [0.05, 0.1) is 5.69 Å². The molecule has 0 saturated carbocycles. The van der Waals surface area contributed by atoms with Gasteiger partial charge in [0.25, 0.3) is 5.91 Å². The minimum absolute atomic E-state index is 0.0126. The second-order valence-corrected chi connectivity index (χ2v) is 5.98. The molecule has 3 heterocycles. The molecule has 0 N–H and O–H groups in total. The lowest BCUT2D eigenvalue weighted by atomic mass is 10.1. The maximum Gasteiger partial charge on any atom is 0.250 e. The molecule has 2 amide bonds. The van der Waals surface area contributed by atoms with Crippen LogP contribution in [0.5, 0.6) is 0 Å². The number of hydrogen-bond donors (Lipinski definition) is 0. The largest absolute Gasteiger partial charge is 0.310 e. The van der Waals surface area contributed by atoms with Gasteiger partial charge in [-0.3, -0.25) is 19.5 Å². The molecular formula is C18H17N3O2. The number of carbonyl (C=O) groups is 2. The Morgan fingerprint density at radius 2 is 1.96 bits per heavy atom. The third kappa shape index (κ3) is 2.11. The molecule has 0 spiro atoms. The first kappa shape index (κ1) is 13.9. The topological polar surface area (TPSA) is 53.5 Å². The van der Waals surface area contributed by atoms with Gasteiger partial charge in [-0.25, -0.2) is 0 Å². The molecule has 2 aromatic rings. The molecule has 1 aromatic heterocycles. The molecule has 5 nitrogen and oxygen atoms in total. The minimum atomic E-state index is -0.455. The summed E-state index contributed by atoms with van der Waals surface area (Å²) < 4.78 is 0. The van der Waals surface area contributed by atoms with Crippen molar-refractivity contribution in [2.75, 3.05) is 16.3 Å². The fourth-order valence-corrected chi connectivity index (χ4v) is 3.61. The Bertz CT molecular complexity index is 802. The third-order valence-electron chi connectivity index (χ3n) is 4.64. The van der Waals surface area contributed by atoms with Crippen LogP contribution < -0.4 is 9.80 Å². The van der Waals surface area contributed by atoms with Crippen LogP contribution in [0.25, 0.3) is 0 Å². The molecule has 0 fully saturated rings. The molecule has 2 aliphatic heterocycles. The molecule has 1 atom stereocenters. The van der Waals surface area contributed by atoms with Gasteiger partial charge in [-0.1, -0.05) is 18.2 Å². The van der Waals surface area contributed by atoms with Gasteiger partial charge in [-0.05, 0) is 29.7 Å². The first-order chi connectivity index (χ1) is 11.2. The number of amides is 2. The van der Waals surface area contributed by atoms with E-state index in [1.807, 2.05) is 36.5 Å². The normalized spacial score (nSPS) is 18.7. The lowest BCUT2D eigenvalue weighted by Crippen LogP contribution is -2.48. The van der Waals surface area contributed by atoms with Crippen LogP contribution in [0.3, 0.4) is 0 Å². The van der Waals surface area contributed by atoms with Gasteiger partial charge in [-0.15, -0.1) is 0 Å². The second kappa shape index (κ2) is 5.19. The summed E-state index contributed by atoms with van der Waals surface area (Å²) in [6.07, 6.45) is 4.91. The van der Waals surface area contributed by atoms with Crippen LogP contribution in [0.4, 0.5) is 11.4 Å². The van der Waals surface area contributed by atoms with E-state index in [2.05, 4.69) is 4.98 Å². The van der Waals surface area contributed by atoms with Gasteiger partial charge in [0.15, 0.2) is 0 Å². The van der Waals surface area contributed by atoms with Crippen LogP contribution >= 0.6 is 0 Å². The van der Waals surface area contributed by atoms with Gasteiger partial charge in [0.2, 0.25) is 5.91 Å². The molecule has 0 radical (unpaired) electrons. The number of aromatic nitrogens is 1. The number of anilines is 2. The number of carbonyl (C=O) groups excluding carboxylic acids is 2. The summed E-state index contributed by atoms with van der Waals surface area (Å²) in [5.41, 5.74) is 3.91. The highest BCUT2D eigenvalue weighted by Crippen LogP contribution is 2.35.